The van der Waals surface area contributed by atoms with Gasteiger partial charge in [-0.15, -0.1) is 0 Å². The molecule has 7 nitrogen and oxygen atoms in total. The minimum absolute atomic E-state index is 0.105. The monoisotopic (exact) mass is 427 g/mol. The van der Waals surface area contributed by atoms with Crippen LogP contribution < -0.4 is 5.32 Å². The minimum Gasteiger partial charge on any atom is -0.468 e. The number of rotatable bonds is 6. The van der Waals surface area contributed by atoms with Crippen LogP contribution in [0.4, 0.5) is 0 Å². The lowest BCUT2D eigenvalue weighted by atomic mass is 9.68. The highest BCUT2D eigenvalue weighted by Crippen LogP contribution is 2.46. The molecule has 31 heavy (non-hydrogen) atoms. The zero-order valence-electron chi connectivity index (χ0n) is 18.6. The first-order valence-electron chi connectivity index (χ1n) is 10.4. The number of carbonyl (C=O) groups is 3. The number of carbonyl (C=O) groups excluding carboxylic acids is 3. The predicted octanol–water partition coefficient (Wildman–Crippen LogP) is 2.80. The first-order chi connectivity index (χ1) is 14.8. The zero-order valence-corrected chi connectivity index (χ0v) is 18.6. The van der Waals surface area contributed by atoms with E-state index >= 15 is 0 Å². The molecule has 166 valence electrons. The van der Waals surface area contributed by atoms with Crippen LogP contribution in [0, 0.1) is 18.8 Å². The van der Waals surface area contributed by atoms with Crippen LogP contribution in [-0.4, -0.2) is 45.2 Å². The lowest BCUT2D eigenvalue weighted by molar-refractivity contribution is -0.151. The van der Waals surface area contributed by atoms with Gasteiger partial charge in [-0.05, 0) is 37.3 Å². The van der Waals surface area contributed by atoms with Gasteiger partial charge in [0.05, 0.1) is 19.3 Å². The second-order valence-electron chi connectivity index (χ2n) is 8.02. The number of ketones is 1. The van der Waals surface area contributed by atoms with Crippen molar-refractivity contribution in [3.05, 3.63) is 57.9 Å². The molecule has 1 aliphatic carbocycles. The van der Waals surface area contributed by atoms with E-state index in [0.29, 0.717) is 23.3 Å². The Morgan fingerprint density at radius 3 is 2.48 bits per heavy atom. The second kappa shape index (κ2) is 9.47. The van der Waals surface area contributed by atoms with Gasteiger partial charge in [0, 0.05) is 30.0 Å². The van der Waals surface area contributed by atoms with E-state index in [2.05, 4.69) is 5.32 Å². The summed E-state index contributed by atoms with van der Waals surface area (Å²) in [7, 11) is 2.81. The van der Waals surface area contributed by atoms with Crippen LogP contribution in [-0.2, 0) is 28.6 Å². The van der Waals surface area contributed by atoms with E-state index in [-0.39, 0.29) is 24.9 Å². The van der Waals surface area contributed by atoms with Crippen molar-refractivity contribution in [2.24, 2.45) is 11.8 Å². The van der Waals surface area contributed by atoms with Crippen LogP contribution in [0.3, 0.4) is 0 Å². The summed E-state index contributed by atoms with van der Waals surface area (Å²) >= 11 is 0. The summed E-state index contributed by atoms with van der Waals surface area (Å²) in [6, 6.07) is 7.63. The summed E-state index contributed by atoms with van der Waals surface area (Å²) in [5, 5.41) is 3.25. The molecule has 1 aromatic rings. The minimum atomic E-state index is -0.902. The van der Waals surface area contributed by atoms with Gasteiger partial charge in [0.15, 0.2) is 5.78 Å². The van der Waals surface area contributed by atoms with Gasteiger partial charge < -0.3 is 19.5 Å². The van der Waals surface area contributed by atoms with Crippen LogP contribution in [0.25, 0.3) is 0 Å². The number of dihydropyridines is 1. The molecule has 7 heteroatoms. The molecule has 0 saturated carbocycles. The topological polar surface area (TPSA) is 90.9 Å². The molecular weight excluding hydrogens is 398 g/mol. The van der Waals surface area contributed by atoms with E-state index in [1.54, 1.807) is 0 Å². The molecule has 0 amide bonds. The van der Waals surface area contributed by atoms with E-state index in [9.17, 15) is 14.4 Å². The number of allylic oxidation sites excluding steroid dienone is 3. The summed E-state index contributed by atoms with van der Waals surface area (Å²) in [5.74, 6) is -3.12. The largest absolute Gasteiger partial charge is 0.468 e. The number of Topliss-reactive ketones (excluding diaryl/α,β-unsaturated/α-hetero) is 1. The van der Waals surface area contributed by atoms with Crippen molar-refractivity contribution in [3.63, 3.8) is 0 Å². The Balaban J connectivity index is 2.14. The average molecular weight is 427 g/mol. The van der Waals surface area contributed by atoms with Crippen LogP contribution in [0.2, 0.25) is 0 Å². The van der Waals surface area contributed by atoms with Crippen molar-refractivity contribution in [3.8, 4) is 0 Å². The van der Waals surface area contributed by atoms with Crippen LogP contribution in [0.15, 0.2) is 46.8 Å². The smallest absolute Gasteiger partial charge is 0.336 e. The third-order valence-electron chi connectivity index (χ3n) is 5.98. The molecular formula is C24H29NO6. The van der Waals surface area contributed by atoms with Gasteiger partial charge in [0.25, 0.3) is 0 Å². The van der Waals surface area contributed by atoms with Gasteiger partial charge in [-0.2, -0.15) is 0 Å². The lowest BCUT2D eigenvalue weighted by Crippen LogP contribution is -2.43. The molecule has 0 saturated heterocycles. The lowest BCUT2D eigenvalue weighted by Gasteiger charge is -2.38. The summed E-state index contributed by atoms with van der Waals surface area (Å²) in [4.78, 5) is 39.1. The van der Waals surface area contributed by atoms with Crippen LogP contribution in [0.5, 0.6) is 0 Å². The zero-order chi connectivity index (χ0) is 22.7. The molecule has 1 heterocycles. The van der Waals surface area contributed by atoms with Crippen molar-refractivity contribution in [2.75, 3.05) is 27.4 Å². The average Bonchev–Trinajstić information content (AvgIpc) is 2.73. The fourth-order valence-corrected chi connectivity index (χ4v) is 4.47. The highest BCUT2D eigenvalue weighted by atomic mass is 16.6. The summed E-state index contributed by atoms with van der Waals surface area (Å²) in [6.07, 6.45) is 0.507. The maximum Gasteiger partial charge on any atom is 0.336 e. The summed E-state index contributed by atoms with van der Waals surface area (Å²) in [5.41, 5.74) is 3.98. The van der Waals surface area contributed by atoms with Crippen molar-refractivity contribution in [2.45, 2.75) is 33.1 Å². The number of methoxy groups -OCH3 is 2. The standard InChI is InChI=1S/C24H29NO6/c1-13-8-6-7-9-16(13)20-19(24(28)31-11-10-29-4)15(3)25-17-12-14(2)18(23(27)30-5)22(26)21(17)20/h6-9,14,18,20,25H,10-12H2,1-5H3/t14-,18+,20+/m1/s1. The number of benzene rings is 1. The number of esters is 2. The molecule has 0 unspecified atom stereocenters. The summed E-state index contributed by atoms with van der Waals surface area (Å²) in [6.45, 7) is 5.99. The van der Waals surface area contributed by atoms with E-state index in [4.69, 9.17) is 14.2 Å². The van der Waals surface area contributed by atoms with Gasteiger partial charge in [0.2, 0.25) is 0 Å². The molecule has 3 atom stereocenters. The molecule has 3 rings (SSSR count). The van der Waals surface area contributed by atoms with Gasteiger partial charge in [-0.3, -0.25) is 9.59 Å². The molecule has 1 aliphatic heterocycles. The van der Waals surface area contributed by atoms with Crippen LogP contribution >= 0.6 is 0 Å². The number of ether oxygens (including phenoxy) is 3. The fraction of sp³-hybridized carbons (Fsp3) is 0.458. The van der Waals surface area contributed by atoms with Crippen LogP contribution in [0.1, 0.15) is 37.3 Å². The van der Waals surface area contributed by atoms with Crippen molar-refractivity contribution < 1.29 is 28.6 Å². The highest BCUT2D eigenvalue weighted by molar-refractivity contribution is 6.12. The van der Waals surface area contributed by atoms with Gasteiger partial charge in [-0.1, -0.05) is 31.2 Å². The molecule has 1 aromatic carbocycles. The number of aryl methyl sites for hydroxylation is 1. The Kier molecular flexibility index (Phi) is 6.95. The van der Waals surface area contributed by atoms with Gasteiger partial charge in [0.1, 0.15) is 12.5 Å². The number of hydrogen-bond donors (Lipinski definition) is 1. The van der Waals surface area contributed by atoms with Gasteiger partial charge >= 0.3 is 11.9 Å². The number of nitrogens with one attached hydrogen (secondary N) is 1. The molecule has 0 radical (unpaired) electrons. The first kappa shape index (κ1) is 22.7. The number of hydrogen-bond acceptors (Lipinski definition) is 7. The fourth-order valence-electron chi connectivity index (χ4n) is 4.47. The molecule has 2 aliphatic rings. The second-order valence-corrected chi connectivity index (χ2v) is 8.02. The highest BCUT2D eigenvalue weighted by Gasteiger charge is 2.47. The van der Waals surface area contributed by atoms with Crippen molar-refractivity contribution in [1.29, 1.82) is 0 Å². The maximum absolute atomic E-state index is 13.6. The first-order valence-corrected chi connectivity index (χ1v) is 10.4. The van der Waals surface area contributed by atoms with E-state index in [0.717, 1.165) is 16.8 Å². The van der Waals surface area contributed by atoms with E-state index in [1.165, 1.54) is 14.2 Å². The molecule has 0 bridgehead atoms. The van der Waals surface area contributed by atoms with E-state index < -0.39 is 23.8 Å². The molecule has 1 N–H and O–H groups in total. The molecule has 0 fully saturated rings. The molecule has 0 spiro atoms. The Morgan fingerprint density at radius 1 is 1.13 bits per heavy atom. The third kappa shape index (κ3) is 4.28. The normalized spacial score (nSPS) is 23.3. The Bertz CT molecular complexity index is 961. The predicted molar refractivity (Wildman–Crippen MR) is 114 cm³/mol. The molecule has 0 aromatic heterocycles. The SMILES string of the molecule is COCCOC(=O)C1=C(C)NC2=C(C(=O)[C@@H](C(=O)OC)[C@H](C)C2)[C@H]1c1ccccc1C. The van der Waals surface area contributed by atoms with Crippen molar-refractivity contribution in [1.82, 2.24) is 5.32 Å². The quantitative estimate of drug-likeness (QED) is 0.424. The van der Waals surface area contributed by atoms with E-state index in [1.807, 2.05) is 45.0 Å². The Morgan fingerprint density at radius 2 is 1.84 bits per heavy atom. The van der Waals surface area contributed by atoms with Gasteiger partial charge in [-0.25, -0.2) is 4.79 Å². The summed E-state index contributed by atoms with van der Waals surface area (Å²) < 4.78 is 15.3. The Hall–Kier alpha value is -2.93. The maximum atomic E-state index is 13.6. The third-order valence-corrected chi connectivity index (χ3v) is 5.98. The van der Waals surface area contributed by atoms with Crippen molar-refractivity contribution >= 4 is 17.7 Å². The Labute approximate surface area is 182 Å².